The van der Waals surface area contributed by atoms with Crippen LogP contribution >= 0.6 is 0 Å². The third-order valence-electron chi connectivity index (χ3n) is 3.29. The molecule has 0 atom stereocenters. The van der Waals surface area contributed by atoms with E-state index in [4.69, 9.17) is 10.5 Å². The van der Waals surface area contributed by atoms with Crippen molar-refractivity contribution in [3.8, 4) is 0 Å². The number of hydrogen-bond acceptors (Lipinski definition) is 3. The van der Waals surface area contributed by atoms with Gasteiger partial charge in [0, 0.05) is 6.54 Å². The highest BCUT2D eigenvalue weighted by Gasteiger charge is 2.16. The number of aryl methyl sites for hydroxylation is 2. The number of nitrogens with two attached hydrogens (primary N) is 1. The first-order valence-corrected chi connectivity index (χ1v) is 6.72. The average molecular weight is 263 g/mol. The molecule has 0 saturated heterocycles. The van der Waals surface area contributed by atoms with Gasteiger partial charge in [-0.3, -0.25) is 4.79 Å². The number of rotatable bonds is 4. The summed E-state index contributed by atoms with van der Waals surface area (Å²) in [6.45, 7) is 11.4. The highest BCUT2D eigenvalue weighted by atomic mass is 16.5. The molecule has 0 bridgehead atoms. The Kier molecular flexibility index (Phi) is 5.12. The van der Waals surface area contributed by atoms with Crippen molar-refractivity contribution in [2.45, 2.75) is 53.1 Å². The smallest absolute Gasteiger partial charge is 0.307 e. The molecule has 19 heavy (non-hydrogen) atoms. The van der Waals surface area contributed by atoms with Gasteiger partial charge in [0.25, 0.3) is 0 Å². The molecule has 1 aromatic carbocycles. The summed E-state index contributed by atoms with van der Waals surface area (Å²) in [5.74, 6) is -0.235. The minimum Gasteiger partial charge on any atom is -0.461 e. The Morgan fingerprint density at radius 3 is 2.16 bits per heavy atom. The third-order valence-corrected chi connectivity index (χ3v) is 3.29. The van der Waals surface area contributed by atoms with Crippen molar-refractivity contribution in [2.75, 3.05) is 6.54 Å². The summed E-state index contributed by atoms with van der Waals surface area (Å²) in [7, 11) is 0. The van der Waals surface area contributed by atoms with Crippen LogP contribution in [0.5, 0.6) is 0 Å². The molecule has 1 aromatic rings. The van der Waals surface area contributed by atoms with Crippen LogP contribution in [-0.2, 0) is 21.6 Å². The van der Waals surface area contributed by atoms with E-state index in [1.807, 2.05) is 0 Å². The second-order valence-electron chi connectivity index (χ2n) is 6.04. The zero-order valence-electron chi connectivity index (χ0n) is 12.7. The zero-order valence-corrected chi connectivity index (χ0v) is 12.7. The molecular formula is C16H25NO2. The van der Waals surface area contributed by atoms with Crippen LogP contribution in [0.15, 0.2) is 12.1 Å². The van der Waals surface area contributed by atoms with E-state index in [0.29, 0.717) is 13.2 Å². The molecule has 0 heterocycles. The fourth-order valence-corrected chi connectivity index (χ4v) is 2.00. The Labute approximate surface area is 116 Å². The lowest BCUT2D eigenvalue weighted by molar-refractivity contribution is -0.144. The molecule has 0 aliphatic heterocycles. The van der Waals surface area contributed by atoms with Crippen molar-refractivity contribution >= 4 is 5.97 Å². The molecule has 3 nitrogen and oxygen atoms in total. The normalized spacial score (nSPS) is 11.5. The summed E-state index contributed by atoms with van der Waals surface area (Å²) in [5, 5.41) is 0. The Morgan fingerprint density at radius 1 is 1.21 bits per heavy atom. The summed E-state index contributed by atoms with van der Waals surface area (Å²) in [5.41, 5.74) is 10.2. The molecule has 3 heteroatoms. The van der Waals surface area contributed by atoms with Crippen LogP contribution in [0.3, 0.4) is 0 Å². The van der Waals surface area contributed by atoms with Crippen molar-refractivity contribution in [3.63, 3.8) is 0 Å². The monoisotopic (exact) mass is 263 g/mol. The highest BCUT2D eigenvalue weighted by molar-refractivity contribution is 5.69. The number of ether oxygens (including phenoxy) is 1. The Morgan fingerprint density at radius 2 is 1.74 bits per heavy atom. The molecule has 0 radical (unpaired) electrons. The van der Waals surface area contributed by atoms with Crippen LogP contribution in [-0.4, -0.2) is 12.5 Å². The largest absolute Gasteiger partial charge is 0.461 e. The molecule has 0 saturated carbocycles. The lowest BCUT2D eigenvalue weighted by Gasteiger charge is -2.22. The summed E-state index contributed by atoms with van der Waals surface area (Å²) < 4.78 is 5.24. The van der Waals surface area contributed by atoms with E-state index < -0.39 is 0 Å². The van der Waals surface area contributed by atoms with Gasteiger partial charge in [-0.1, -0.05) is 32.9 Å². The predicted molar refractivity (Wildman–Crippen MR) is 78.1 cm³/mol. The molecule has 0 fully saturated rings. The number of benzene rings is 1. The summed E-state index contributed by atoms with van der Waals surface area (Å²) in [6, 6.07) is 4.36. The maximum Gasteiger partial charge on any atom is 0.307 e. The number of carbonyl (C=O) groups is 1. The van der Waals surface area contributed by atoms with E-state index in [9.17, 15) is 4.79 Å². The number of esters is 1. The predicted octanol–water partition coefficient (Wildman–Crippen LogP) is 2.99. The number of hydrogen-bond donors (Lipinski definition) is 1. The summed E-state index contributed by atoms with van der Waals surface area (Å²) >= 11 is 0. The second-order valence-corrected chi connectivity index (χ2v) is 6.04. The fraction of sp³-hybridized carbons (Fsp3) is 0.562. The van der Waals surface area contributed by atoms with Crippen molar-refractivity contribution in [2.24, 2.45) is 5.73 Å². The van der Waals surface area contributed by atoms with E-state index in [1.165, 1.54) is 16.7 Å². The molecule has 0 aromatic heterocycles. The maximum atomic E-state index is 11.4. The van der Waals surface area contributed by atoms with E-state index in [-0.39, 0.29) is 17.8 Å². The van der Waals surface area contributed by atoms with Crippen molar-refractivity contribution < 1.29 is 9.53 Å². The number of carbonyl (C=O) groups excluding carboxylic acids is 1. The molecule has 0 spiro atoms. The quantitative estimate of drug-likeness (QED) is 0.850. The SMILES string of the molecule is Cc1cc(C(C)(C)C)cc(C)c1COC(=O)CCN. The van der Waals surface area contributed by atoms with E-state index in [2.05, 4.69) is 46.8 Å². The zero-order chi connectivity index (χ0) is 14.6. The van der Waals surface area contributed by atoms with Gasteiger partial charge in [-0.2, -0.15) is 0 Å². The standard InChI is InChI=1S/C16H25NO2/c1-11-8-13(16(3,4)5)9-12(2)14(11)10-19-15(18)6-7-17/h8-9H,6-7,10,17H2,1-5H3. The van der Waals surface area contributed by atoms with Crippen molar-refractivity contribution in [3.05, 3.63) is 34.4 Å². The van der Waals surface area contributed by atoms with Gasteiger partial charge in [0.15, 0.2) is 0 Å². The first kappa shape index (κ1) is 15.7. The van der Waals surface area contributed by atoms with Crippen LogP contribution in [0.1, 0.15) is 49.4 Å². The van der Waals surface area contributed by atoms with Crippen molar-refractivity contribution in [1.29, 1.82) is 0 Å². The Bertz CT molecular complexity index is 435. The lowest BCUT2D eigenvalue weighted by Crippen LogP contribution is -2.14. The van der Waals surface area contributed by atoms with Gasteiger partial charge in [0.1, 0.15) is 6.61 Å². The fourth-order valence-electron chi connectivity index (χ4n) is 2.00. The molecule has 0 aliphatic carbocycles. The van der Waals surface area contributed by atoms with Crippen LogP contribution in [0.25, 0.3) is 0 Å². The van der Waals surface area contributed by atoms with Gasteiger partial charge >= 0.3 is 5.97 Å². The van der Waals surface area contributed by atoms with Crippen LogP contribution in [0.2, 0.25) is 0 Å². The van der Waals surface area contributed by atoms with Gasteiger partial charge in [-0.05, 0) is 41.5 Å². The van der Waals surface area contributed by atoms with Gasteiger partial charge in [-0.25, -0.2) is 0 Å². The van der Waals surface area contributed by atoms with E-state index in [0.717, 1.165) is 5.56 Å². The highest BCUT2D eigenvalue weighted by Crippen LogP contribution is 2.27. The van der Waals surface area contributed by atoms with Gasteiger partial charge in [0.2, 0.25) is 0 Å². The van der Waals surface area contributed by atoms with Crippen LogP contribution < -0.4 is 5.73 Å². The second kappa shape index (κ2) is 6.20. The maximum absolute atomic E-state index is 11.4. The molecule has 1 rings (SSSR count). The summed E-state index contributed by atoms with van der Waals surface area (Å²) in [6.07, 6.45) is 0.276. The first-order chi connectivity index (χ1) is 8.75. The Balaban J connectivity index is 2.89. The van der Waals surface area contributed by atoms with Gasteiger partial charge < -0.3 is 10.5 Å². The van der Waals surface area contributed by atoms with E-state index >= 15 is 0 Å². The third kappa shape index (κ3) is 4.35. The van der Waals surface area contributed by atoms with Gasteiger partial charge in [0.05, 0.1) is 6.42 Å². The molecule has 0 amide bonds. The molecule has 0 aliphatic rings. The molecule has 106 valence electrons. The van der Waals surface area contributed by atoms with E-state index in [1.54, 1.807) is 0 Å². The molecule has 2 N–H and O–H groups in total. The first-order valence-electron chi connectivity index (χ1n) is 6.72. The van der Waals surface area contributed by atoms with Crippen LogP contribution in [0, 0.1) is 13.8 Å². The average Bonchev–Trinajstić information content (AvgIpc) is 2.26. The van der Waals surface area contributed by atoms with Crippen molar-refractivity contribution in [1.82, 2.24) is 0 Å². The Hall–Kier alpha value is -1.35. The topological polar surface area (TPSA) is 52.3 Å². The van der Waals surface area contributed by atoms with Crippen LogP contribution in [0.4, 0.5) is 0 Å². The lowest BCUT2D eigenvalue weighted by atomic mass is 9.84. The summed E-state index contributed by atoms with van der Waals surface area (Å²) in [4.78, 5) is 11.4. The molecular weight excluding hydrogens is 238 g/mol. The molecule has 0 unspecified atom stereocenters. The minimum absolute atomic E-state index is 0.129. The van der Waals surface area contributed by atoms with Gasteiger partial charge in [-0.15, -0.1) is 0 Å². The minimum atomic E-state index is -0.235.